The summed E-state index contributed by atoms with van der Waals surface area (Å²) in [4.78, 5) is 22.2. The predicted molar refractivity (Wildman–Crippen MR) is 58.9 cm³/mol. The monoisotopic (exact) mass is 232 g/mol. The van der Waals surface area contributed by atoms with Crippen LogP contribution in [-0.4, -0.2) is 43.3 Å². The van der Waals surface area contributed by atoms with Gasteiger partial charge < -0.3 is 20.9 Å². The second-order valence-electron chi connectivity index (χ2n) is 4.26. The summed E-state index contributed by atoms with van der Waals surface area (Å²) in [5, 5.41) is 11.4. The number of ether oxygens (including phenoxy) is 1. The van der Waals surface area contributed by atoms with Gasteiger partial charge in [-0.05, 0) is 13.8 Å². The number of nitrogens with two attached hydrogens (primary N) is 1. The molecule has 4 N–H and O–H groups in total. The molecule has 0 fully saturated rings. The number of carboxylic acid groups (broad SMARTS) is 1. The number of methoxy groups -OCH3 is 1. The first-order valence-electron chi connectivity index (χ1n) is 5.06. The Hall–Kier alpha value is -1.14. The van der Waals surface area contributed by atoms with E-state index in [0.717, 1.165) is 0 Å². The predicted octanol–water partition coefficient (Wildman–Crippen LogP) is -0.423. The number of carbonyl (C=O) groups excluding carboxylic acids is 1. The number of carboxylic acids is 1. The maximum absolute atomic E-state index is 11.4. The van der Waals surface area contributed by atoms with Crippen LogP contribution in [0.15, 0.2) is 0 Å². The first-order chi connectivity index (χ1) is 7.33. The van der Waals surface area contributed by atoms with Crippen molar-refractivity contribution in [3.63, 3.8) is 0 Å². The first-order valence-corrected chi connectivity index (χ1v) is 5.06. The Morgan fingerprint density at radius 3 is 2.44 bits per heavy atom. The van der Waals surface area contributed by atoms with Crippen molar-refractivity contribution in [2.75, 3.05) is 20.2 Å². The molecule has 1 amide bonds. The lowest BCUT2D eigenvalue weighted by atomic mass is 9.94. The molecular formula is C10H20N2O4. The topological polar surface area (TPSA) is 102 Å². The fourth-order valence-corrected chi connectivity index (χ4v) is 0.937. The molecule has 0 bridgehead atoms. The summed E-state index contributed by atoms with van der Waals surface area (Å²) in [5.41, 5.74) is 4.39. The van der Waals surface area contributed by atoms with Crippen molar-refractivity contribution in [3.05, 3.63) is 0 Å². The van der Waals surface area contributed by atoms with Gasteiger partial charge in [0.05, 0.1) is 17.9 Å². The van der Waals surface area contributed by atoms with Gasteiger partial charge in [0.15, 0.2) is 0 Å². The lowest BCUT2D eigenvalue weighted by Crippen LogP contribution is -2.40. The Morgan fingerprint density at radius 1 is 1.50 bits per heavy atom. The standard InChI is InChI=1S/C10H20N2O4/c1-10(2,9(14)15)6-12-8(13)4-7(5-11)16-3/h7H,4-6,11H2,1-3H3,(H,12,13)(H,14,15). The molecule has 0 saturated carbocycles. The third-order valence-corrected chi connectivity index (χ3v) is 2.32. The van der Waals surface area contributed by atoms with Gasteiger partial charge in [-0.15, -0.1) is 0 Å². The number of hydrogen-bond acceptors (Lipinski definition) is 4. The van der Waals surface area contributed by atoms with Crippen molar-refractivity contribution in [2.24, 2.45) is 11.1 Å². The van der Waals surface area contributed by atoms with Gasteiger partial charge in [-0.25, -0.2) is 0 Å². The normalized spacial score (nSPS) is 13.2. The van der Waals surface area contributed by atoms with E-state index in [1.807, 2.05) is 0 Å². The zero-order valence-electron chi connectivity index (χ0n) is 9.95. The van der Waals surface area contributed by atoms with Crippen molar-refractivity contribution in [3.8, 4) is 0 Å². The Bertz CT molecular complexity index is 249. The second-order valence-corrected chi connectivity index (χ2v) is 4.26. The minimum atomic E-state index is -0.971. The van der Waals surface area contributed by atoms with Gasteiger partial charge in [-0.1, -0.05) is 0 Å². The quantitative estimate of drug-likeness (QED) is 0.553. The van der Waals surface area contributed by atoms with E-state index in [0.29, 0.717) is 0 Å². The summed E-state index contributed by atoms with van der Waals surface area (Å²) in [6.07, 6.45) is -0.184. The van der Waals surface area contributed by atoms with Crippen LogP contribution in [0.5, 0.6) is 0 Å². The summed E-state index contributed by atoms with van der Waals surface area (Å²) < 4.78 is 4.95. The first kappa shape index (κ1) is 14.9. The zero-order valence-corrected chi connectivity index (χ0v) is 9.95. The van der Waals surface area contributed by atoms with E-state index >= 15 is 0 Å². The molecule has 0 rings (SSSR count). The third kappa shape index (κ3) is 5.09. The molecule has 6 heteroatoms. The minimum Gasteiger partial charge on any atom is -0.481 e. The van der Waals surface area contributed by atoms with Crippen molar-refractivity contribution < 1.29 is 19.4 Å². The average molecular weight is 232 g/mol. The van der Waals surface area contributed by atoms with Gasteiger partial charge in [-0.3, -0.25) is 9.59 Å². The van der Waals surface area contributed by atoms with Crippen LogP contribution in [0.4, 0.5) is 0 Å². The largest absolute Gasteiger partial charge is 0.481 e. The molecule has 1 atom stereocenters. The Balaban J connectivity index is 4.03. The van der Waals surface area contributed by atoms with E-state index < -0.39 is 11.4 Å². The molecule has 0 aromatic rings. The Labute approximate surface area is 95.1 Å². The second kappa shape index (κ2) is 6.44. The molecule has 1 unspecified atom stereocenters. The highest BCUT2D eigenvalue weighted by Gasteiger charge is 2.27. The van der Waals surface area contributed by atoms with E-state index in [9.17, 15) is 9.59 Å². The molecule has 0 aliphatic heterocycles. The van der Waals surface area contributed by atoms with E-state index in [-0.39, 0.29) is 31.5 Å². The number of aliphatic carboxylic acids is 1. The molecule has 6 nitrogen and oxygen atoms in total. The van der Waals surface area contributed by atoms with Gasteiger partial charge in [0, 0.05) is 20.2 Å². The average Bonchev–Trinajstić information content (AvgIpc) is 2.23. The summed E-state index contributed by atoms with van der Waals surface area (Å²) >= 11 is 0. The Morgan fingerprint density at radius 2 is 2.06 bits per heavy atom. The molecule has 0 heterocycles. The number of nitrogens with one attached hydrogen (secondary N) is 1. The smallest absolute Gasteiger partial charge is 0.310 e. The van der Waals surface area contributed by atoms with Gasteiger partial charge in [0.1, 0.15) is 0 Å². The van der Waals surface area contributed by atoms with Crippen LogP contribution in [0.25, 0.3) is 0 Å². The van der Waals surface area contributed by atoms with Crippen LogP contribution in [0.1, 0.15) is 20.3 Å². The number of hydrogen-bond donors (Lipinski definition) is 3. The Kier molecular flexibility index (Phi) is 5.98. The minimum absolute atomic E-state index is 0.0855. The van der Waals surface area contributed by atoms with Crippen molar-refractivity contribution in [2.45, 2.75) is 26.4 Å². The lowest BCUT2D eigenvalue weighted by Gasteiger charge is -2.20. The van der Waals surface area contributed by atoms with Crippen LogP contribution in [0.2, 0.25) is 0 Å². The third-order valence-electron chi connectivity index (χ3n) is 2.32. The van der Waals surface area contributed by atoms with Gasteiger partial charge >= 0.3 is 5.97 Å². The van der Waals surface area contributed by atoms with Crippen LogP contribution >= 0.6 is 0 Å². The molecule has 0 spiro atoms. The molecule has 0 saturated heterocycles. The fraction of sp³-hybridized carbons (Fsp3) is 0.800. The van der Waals surface area contributed by atoms with Crippen molar-refractivity contribution in [1.82, 2.24) is 5.32 Å². The number of rotatable bonds is 7. The molecule has 0 aromatic heterocycles. The van der Waals surface area contributed by atoms with Crippen molar-refractivity contribution >= 4 is 11.9 Å². The highest BCUT2D eigenvalue weighted by atomic mass is 16.5. The molecule has 0 aromatic carbocycles. The van der Waals surface area contributed by atoms with Crippen LogP contribution in [0.3, 0.4) is 0 Å². The lowest BCUT2D eigenvalue weighted by molar-refractivity contribution is -0.146. The summed E-state index contributed by atoms with van der Waals surface area (Å²) in [5.74, 6) is -1.21. The van der Waals surface area contributed by atoms with E-state index in [4.69, 9.17) is 15.6 Å². The summed E-state index contributed by atoms with van der Waals surface area (Å²) in [7, 11) is 1.48. The highest BCUT2D eigenvalue weighted by Crippen LogP contribution is 2.13. The molecule has 0 aliphatic carbocycles. The van der Waals surface area contributed by atoms with Crippen LogP contribution in [0, 0.1) is 5.41 Å². The van der Waals surface area contributed by atoms with Crippen LogP contribution in [-0.2, 0) is 14.3 Å². The van der Waals surface area contributed by atoms with Crippen molar-refractivity contribution in [1.29, 1.82) is 0 Å². The molecular weight excluding hydrogens is 212 g/mol. The van der Waals surface area contributed by atoms with Crippen LogP contribution < -0.4 is 11.1 Å². The molecule has 0 aliphatic rings. The summed E-state index contributed by atoms with van der Waals surface area (Å²) in [6.45, 7) is 3.44. The molecule has 16 heavy (non-hydrogen) atoms. The van der Waals surface area contributed by atoms with Gasteiger partial charge in [-0.2, -0.15) is 0 Å². The highest BCUT2D eigenvalue weighted by molar-refractivity contribution is 5.78. The number of amides is 1. The van der Waals surface area contributed by atoms with Gasteiger partial charge in [0.25, 0.3) is 0 Å². The SMILES string of the molecule is COC(CN)CC(=O)NCC(C)(C)C(=O)O. The number of carbonyl (C=O) groups is 2. The maximum atomic E-state index is 11.4. The maximum Gasteiger partial charge on any atom is 0.310 e. The fourth-order valence-electron chi connectivity index (χ4n) is 0.937. The van der Waals surface area contributed by atoms with E-state index in [2.05, 4.69) is 5.32 Å². The zero-order chi connectivity index (χ0) is 12.8. The summed E-state index contributed by atoms with van der Waals surface area (Å²) in [6, 6.07) is 0. The van der Waals surface area contributed by atoms with Gasteiger partial charge in [0.2, 0.25) is 5.91 Å². The molecule has 0 radical (unpaired) electrons. The van der Waals surface area contributed by atoms with E-state index in [1.54, 1.807) is 13.8 Å². The molecule has 94 valence electrons. The van der Waals surface area contributed by atoms with E-state index in [1.165, 1.54) is 7.11 Å².